The summed E-state index contributed by atoms with van der Waals surface area (Å²) >= 11 is 0. The second-order valence-corrected chi connectivity index (χ2v) is 4.94. The Kier molecular flexibility index (Phi) is 4.79. The first-order chi connectivity index (χ1) is 9.71. The predicted molar refractivity (Wildman–Crippen MR) is 81.1 cm³/mol. The number of nitrogens with one attached hydrogen (secondary N) is 1. The molecule has 0 aliphatic heterocycles. The van der Waals surface area contributed by atoms with E-state index >= 15 is 0 Å². The minimum atomic E-state index is -0.289. The summed E-state index contributed by atoms with van der Waals surface area (Å²) in [6.07, 6.45) is 4.24. The van der Waals surface area contributed by atoms with E-state index in [9.17, 15) is 4.79 Å². The maximum atomic E-state index is 11.7. The Balaban J connectivity index is 2.40. The van der Waals surface area contributed by atoms with Gasteiger partial charge in [0.25, 0.3) is 0 Å². The highest BCUT2D eigenvalue weighted by atomic mass is 16.5. The molecule has 1 atom stereocenters. The lowest BCUT2D eigenvalue weighted by atomic mass is 10.1. The zero-order valence-corrected chi connectivity index (χ0v) is 12.3. The molecule has 0 spiro atoms. The molecular formula is C16H22N2O2. The van der Waals surface area contributed by atoms with Crippen LogP contribution in [0.15, 0.2) is 30.5 Å². The molecule has 1 aromatic carbocycles. The molecule has 1 N–H and O–H groups in total. The first-order valence-corrected chi connectivity index (χ1v) is 7.04. The predicted octanol–water partition coefficient (Wildman–Crippen LogP) is 2.99. The molecule has 2 aromatic rings. The fourth-order valence-electron chi connectivity index (χ4n) is 2.56. The molecule has 0 bridgehead atoms. The molecule has 0 amide bonds. The van der Waals surface area contributed by atoms with E-state index in [1.165, 1.54) is 7.11 Å². The highest BCUT2D eigenvalue weighted by molar-refractivity contribution is 5.94. The largest absolute Gasteiger partial charge is 0.465 e. The maximum Gasteiger partial charge on any atom is 0.337 e. The third-order valence-corrected chi connectivity index (χ3v) is 3.74. The van der Waals surface area contributed by atoms with E-state index in [1.807, 2.05) is 25.2 Å². The number of fused-ring (bicyclic) bond motifs is 1. The molecule has 4 nitrogen and oxygen atoms in total. The molecule has 1 aromatic heterocycles. The molecule has 0 saturated heterocycles. The number of benzene rings is 1. The van der Waals surface area contributed by atoms with Gasteiger partial charge in [0.2, 0.25) is 0 Å². The van der Waals surface area contributed by atoms with Crippen LogP contribution >= 0.6 is 0 Å². The summed E-state index contributed by atoms with van der Waals surface area (Å²) in [5, 5.41) is 4.35. The van der Waals surface area contributed by atoms with Crippen LogP contribution in [0.2, 0.25) is 0 Å². The highest BCUT2D eigenvalue weighted by Crippen LogP contribution is 2.25. The van der Waals surface area contributed by atoms with Gasteiger partial charge in [-0.3, -0.25) is 0 Å². The summed E-state index contributed by atoms with van der Waals surface area (Å²) in [7, 11) is 3.38. The van der Waals surface area contributed by atoms with Gasteiger partial charge in [0, 0.05) is 17.8 Å². The average molecular weight is 274 g/mol. The SMILES string of the molecule is CCC(CCNC)n1ccc2ccc(C(=O)OC)cc21. The number of ether oxygens (including phenoxy) is 1. The van der Waals surface area contributed by atoms with Crippen molar-refractivity contribution in [3.05, 3.63) is 36.0 Å². The van der Waals surface area contributed by atoms with Crippen molar-refractivity contribution in [3.63, 3.8) is 0 Å². The first kappa shape index (κ1) is 14.6. The Hall–Kier alpha value is -1.81. The number of hydrogen-bond acceptors (Lipinski definition) is 3. The van der Waals surface area contributed by atoms with E-state index in [2.05, 4.69) is 29.1 Å². The number of nitrogens with zero attached hydrogens (tertiary/aromatic N) is 1. The Morgan fingerprint density at radius 1 is 1.40 bits per heavy atom. The van der Waals surface area contributed by atoms with Crippen LogP contribution in [-0.2, 0) is 4.74 Å². The van der Waals surface area contributed by atoms with Crippen LogP contribution < -0.4 is 5.32 Å². The Morgan fingerprint density at radius 2 is 2.20 bits per heavy atom. The molecule has 0 aliphatic rings. The molecule has 0 radical (unpaired) electrons. The van der Waals surface area contributed by atoms with Gasteiger partial charge in [-0.05, 0) is 50.0 Å². The zero-order chi connectivity index (χ0) is 14.5. The zero-order valence-electron chi connectivity index (χ0n) is 12.3. The summed E-state index contributed by atoms with van der Waals surface area (Å²) in [6.45, 7) is 3.17. The fraction of sp³-hybridized carbons (Fsp3) is 0.438. The third-order valence-electron chi connectivity index (χ3n) is 3.74. The molecule has 1 unspecified atom stereocenters. The van der Waals surface area contributed by atoms with Crippen molar-refractivity contribution in [1.29, 1.82) is 0 Å². The van der Waals surface area contributed by atoms with Crippen LogP contribution in [0, 0.1) is 0 Å². The molecule has 1 heterocycles. The topological polar surface area (TPSA) is 43.3 Å². The van der Waals surface area contributed by atoms with Gasteiger partial charge in [-0.2, -0.15) is 0 Å². The van der Waals surface area contributed by atoms with Crippen LogP contribution in [0.3, 0.4) is 0 Å². The maximum absolute atomic E-state index is 11.7. The van der Waals surface area contributed by atoms with Crippen molar-refractivity contribution in [3.8, 4) is 0 Å². The Morgan fingerprint density at radius 3 is 2.85 bits per heavy atom. The molecule has 4 heteroatoms. The number of methoxy groups -OCH3 is 1. The number of carbonyl (C=O) groups excluding carboxylic acids is 1. The van der Waals surface area contributed by atoms with Gasteiger partial charge in [-0.1, -0.05) is 13.0 Å². The highest BCUT2D eigenvalue weighted by Gasteiger charge is 2.13. The number of aromatic nitrogens is 1. The van der Waals surface area contributed by atoms with Gasteiger partial charge >= 0.3 is 5.97 Å². The van der Waals surface area contributed by atoms with Crippen molar-refractivity contribution in [2.24, 2.45) is 0 Å². The van der Waals surface area contributed by atoms with Gasteiger partial charge < -0.3 is 14.6 Å². The Bertz CT molecular complexity index is 589. The van der Waals surface area contributed by atoms with Gasteiger partial charge in [0.05, 0.1) is 12.7 Å². The number of rotatable bonds is 6. The van der Waals surface area contributed by atoms with Crippen LogP contribution in [0.5, 0.6) is 0 Å². The second-order valence-electron chi connectivity index (χ2n) is 4.94. The van der Waals surface area contributed by atoms with E-state index in [0.717, 1.165) is 30.3 Å². The number of carbonyl (C=O) groups is 1. The van der Waals surface area contributed by atoms with Gasteiger partial charge in [0.15, 0.2) is 0 Å². The van der Waals surface area contributed by atoms with Crippen molar-refractivity contribution in [2.75, 3.05) is 20.7 Å². The summed E-state index contributed by atoms with van der Waals surface area (Å²) in [4.78, 5) is 11.7. The van der Waals surface area contributed by atoms with Crippen LogP contribution in [0.4, 0.5) is 0 Å². The van der Waals surface area contributed by atoms with E-state index < -0.39 is 0 Å². The normalized spacial score (nSPS) is 12.6. The molecular weight excluding hydrogens is 252 g/mol. The second kappa shape index (κ2) is 6.57. The number of esters is 1. The standard InChI is InChI=1S/C16H22N2O2/c1-4-14(7-9-17-2)18-10-8-12-5-6-13(11-15(12)18)16(19)20-3/h5-6,8,10-11,14,17H,4,7,9H2,1-3H3. The molecule has 20 heavy (non-hydrogen) atoms. The molecule has 0 aliphatic carbocycles. The molecule has 0 saturated carbocycles. The van der Waals surface area contributed by atoms with Crippen LogP contribution in [0.1, 0.15) is 36.2 Å². The lowest BCUT2D eigenvalue weighted by Crippen LogP contribution is -2.15. The van der Waals surface area contributed by atoms with E-state index in [-0.39, 0.29) is 5.97 Å². The summed E-state index contributed by atoms with van der Waals surface area (Å²) in [6, 6.07) is 8.24. The quantitative estimate of drug-likeness (QED) is 0.823. The average Bonchev–Trinajstić information content (AvgIpc) is 2.90. The van der Waals surface area contributed by atoms with Crippen molar-refractivity contribution in [1.82, 2.24) is 9.88 Å². The lowest BCUT2D eigenvalue weighted by molar-refractivity contribution is 0.0601. The van der Waals surface area contributed by atoms with Gasteiger partial charge in [0.1, 0.15) is 0 Å². The summed E-state index contributed by atoms with van der Waals surface area (Å²) in [5.74, 6) is -0.289. The van der Waals surface area contributed by atoms with Gasteiger partial charge in [-0.25, -0.2) is 4.79 Å². The van der Waals surface area contributed by atoms with E-state index in [0.29, 0.717) is 11.6 Å². The van der Waals surface area contributed by atoms with Crippen LogP contribution in [0.25, 0.3) is 10.9 Å². The molecule has 108 valence electrons. The van der Waals surface area contributed by atoms with Crippen molar-refractivity contribution in [2.45, 2.75) is 25.8 Å². The third kappa shape index (κ3) is 2.85. The van der Waals surface area contributed by atoms with Crippen molar-refractivity contribution >= 4 is 16.9 Å². The minimum Gasteiger partial charge on any atom is -0.465 e. The van der Waals surface area contributed by atoms with Crippen LogP contribution in [-0.4, -0.2) is 31.2 Å². The fourth-order valence-corrected chi connectivity index (χ4v) is 2.56. The molecule has 2 rings (SSSR count). The van der Waals surface area contributed by atoms with E-state index in [1.54, 1.807) is 0 Å². The lowest BCUT2D eigenvalue weighted by Gasteiger charge is -2.18. The Labute approximate surface area is 119 Å². The monoisotopic (exact) mass is 274 g/mol. The van der Waals surface area contributed by atoms with E-state index in [4.69, 9.17) is 4.74 Å². The molecule has 0 fully saturated rings. The first-order valence-electron chi connectivity index (χ1n) is 7.04. The van der Waals surface area contributed by atoms with Crippen molar-refractivity contribution < 1.29 is 9.53 Å². The minimum absolute atomic E-state index is 0.289. The smallest absolute Gasteiger partial charge is 0.337 e. The summed E-state index contributed by atoms with van der Waals surface area (Å²) < 4.78 is 7.06. The van der Waals surface area contributed by atoms with Gasteiger partial charge in [-0.15, -0.1) is 0 Å². The number of hydrogen-bond donors (Lipinski definition) is 1. The summed E-state index contributed by atoms with van der Waals surface area (Å²) in [5.41, 5.74) is 1.69.